The van der Waals surface area contributed by atoms with E-state index in [0.29, 0.717) is 21.7 Å². The first-order chi connectivity index (χ1) is 18.5. The number of methoxy groups -OCH3 is 1. The minimum Gasteiger partial charge on any atom is -0.497 e. The average molecular weight is 613 g/mol. The number of hydrogen-bond donors (Lipinski definition) is 2. The van der Waals surface area contributed by atoms with Gasteiger partial charge in [0.25, 0.3) is 0 Å². The first-order valence-corrected chi connectivity index (χ1v) is 14.6. The molecule has 0 atom stereocenters. The summed E-state index contributed by atoms with van der Waals surface area (Å²) in [6.07, 6.45) is -3.80. The third-order valence-corrected chi connectivity index (χ3v) is 7.82. The zero-order valence-electron chi connectivity index (χ0n) is 21.6. The van der Waals surface area contributed by atoms with Crippen molar-refractivity contribution in [2.45, 2.75) is 25.6 Å². The minimum atomic E-state index is -4.87. The molecule has 0 aliphatic heterocycles. The molecule has 4 rings (SSSR count). The summed E-state index contributed by atoms with van der Waals surface area (Å²) in [6, 6.07) is 14.2. The van der Waals surface area contributed by atoms with Gasteiger partial charge in [-0.15, -0.1) is 24.5 Å². The van der Waals surface area contributed by atoms with Gasteiger partial charge in [0.1, 0.15) is 22.5 Å². The number of nitrogens with zero attached hydrogens (tertiary/aromatic N) is 2. The van der Waals surface area contributed by atoms with E-state index in [-0.39, 0.29) is 22.6 Å². The number of nitrogens with two attached hydrogens (primary N) is 1. The summed E-state index contributed by atoms with van der Waals surface area (Å²) in [5, 5.41) is 0.877. The van der Waals surface area contributed by atoms with Gasteiger partial charge in [0.2, 0.25) is 10.0 Å². The van der Waals surface area contributed by atoms with E-state index in [9.17, 15) is 21.6 Å². The number of fused-ring (bicyclic) bond motifs is 1. The van der Waals surface area contributed by atoms with Crippen LogP contribution in [0, 0.1) is 0 Å². The largest absolute Gasteiger partial charge is 0.573 e. The highest BCUT2D eigenvalue weighted by atomic mass is 35.5. The molecule has 0 unspecified atom stereocenters. The van der Waals surface area contributed by atoms with Crippen LogP contribution >= 0.6 is 22.9 Å². The van der Waals surface area contributed by atoms with Gasteiger partial charge in [0.05, 0.1) is 18.2 Å². The van der Waals surface area contributed by atoms with Crippen LogP contribution in [0.3, 0.4) is 0 Å². The number of ether oxygens (including phenoxy) is 2. The number of halogens is 4. The quantitative estimate of drug-likeness (QED) is 0.132. The standard InChI is InChI=1S/C26H24ClF3N4O4S2/c1-25(2,15-9-18(37-3)13-19(10-15)38-26(28,29)30)16-11-22(27)32-23(12-16)33-24(31)21-8-14-7-17(34-40(4,35)36)5-6-20(14)39-21/h5-13,34H,1-4H3,(H2,31,32,33). The maximum Gasteiger partial charge on any atom is 0.573 e. The highest BCUT2D eigenvalue weighted by molar-refractivity contribution is 7.92. The van der Waals surface area contributed by atoms with Crippen LogP contribution in [0.1, 0.15) is 29.9 Å². The summed E-state index contributed by atoms with van der Waals surface area (Å²) < 4.78 is 74.4. The predicted molar refractivity (Wildman–Crippen MR) is 152 cm³/mol. The maximum atomic E-state index is 12.9. The fraction of sp³-hybridized carbons (Fsp3) is 0.231. The zero-order chi connectivity index (χ0) is 29.5. The molecule has 0 saturated carbocycles. The number of aromatic nitrogens is 1. The van der Waals surface area contributed by atoms with Crippen LogP contribution in [0.5, 0.6) is 11.5 Å². The number of benzene rings is 2. The van der Waals surface area contributed by atoms with Crippen LogP contribution in [0.25, 0.3) is 10.1 Å². The monoisotopic (exact) mass is 612 g/mol. The number of pyridine rings is 1. The number of thiophene rings is 1. The smallest absolute Gasteiger partial charge is 0.497 e. The van der Waals surface area contributed by atoms with E-state index in [0.717, 1.165) is 22.4 Å². The van der Waals surface area contributed by atoms with Crippen LogP contribution in [0.15, 0.2) is 59.6 Å². The first-order valence-electron chi connectivity index (χ1n) is 11.5. The van der Waals surface area contributed by atoms with Gasteiger partial charge in [0.15, 0.2) is 5.82 Å². The molecule has 0 bridgehead atoms. The fourth-order valence-electron chi connectivity index (χ4n) is 3.94. The van der Waals surface area contributed by atoms with Crippen LogP contribution in [-0.4, -0.2) is 39.0 Å². The first kappa shape index (κ1) is 29.4. The molecule has 3 N–H and O–H groups in total. The average Bonchev–Trinajstić information content (AvgIpc) is 3.25. The molecule has 2 heterocycles. The van der Waals surface area contributed by atoms with Crippen molar-refractivity contribution in [1.82, 2.24) is 4.98 Å². The number of hydrogen-bond acceptors (Lipinski definition) is 7. The van der Waals surface area contributed by atoms with E-state index in [1.54, 1.807) is 56.3 Å². The van der Waals surface area contributed by atoms with Gasteiger partial charge in [-0.25, -0.2) is 18.4 Å². The molecule has 0 aliphatic carbocycles. The Labute approximate surface area is 237 Å². The number of alkyl halides is 3. The van der Waals surface area contributed by atoms with Crippen LogP contribution in [-0.2, 0) is 15.4 Å². The molecule has 0 saturated heterocycles. The van der Waals surface area contributed by atoms with Gasteiger partial charge in [-0.2, -0.15) is 0 Å². The third-order valence-electron chi connectivity index (χ3n) is 5.88. The summed E-state index contributed by atoms with van der Waals surface area (Å²) in [5.74, 6) is 0.114. The second-order valence-electron chi connectivity index (χ2n) is 9.34. The Bertz CT molecular complexity index is 1720. The molecule has 40 heavy (non-hydrogen) atoms. The second kappa shape index (κ2) is 10.8. The van der Waals surface area contributed by atoms with Gasteiger partial charge < -0.3 is 15.2 Å². The Hall–Kier alpha value is -3.55. The Kier molecular flexibility index (Phi) is 7.94. The number of sulfonamides is 1. The topological polar surface area (TPSA) is 116 Å². The molecule has 4 aromatic rings. The lowest BCUT2D eigenvalue weighted by molar-refractivity contribution is -0.274. The van der Waals surface area contributed by atoms with Crippen molar-refractivity contribution in [3.05, 3.63) is 75.8 Å². The van der Waals surface area contributed by atoms with Crippen molar-refractivity contribution in [2.75, 3.05) is 18.1 Å². The molecule has 2 aromatic carbocycles. The van der Waals surface area contributed by atoms with Gasteiger partial charge >= 0.3 is 6.36 Å². The third kappa shape index (κ3) is 7.14. The molecule has 0 aliphatic rings. The van der Waals surface area contributed by atoms with E-state index in [1.165, 1.54) is 24.5 Å². The Balaban J connectivity index is 1.70. The molecular weight excluding hydrogens is 589 g/mol. The molecule has 0 radical (unpaired) electrons. The van der Waals surface area contributed by atoms with Gasteiger partial charge in [-0.1, -0.05) is 25.4 Å². The molecule has 14 heteroatoms. The number of rotatable bonds is 8. The van der Waals surface area contributed by atoms with Crippen molar-refractivity contribution < 1.29 is 31.1 Å². The summed E-state index contributed by atoms with van der Waals surface area (Å²) in [5.41, 5.74) is 6.92. The summed E-state index contributed by atoms with van der Waals surface area (Å²) in [4.78, 5) is 9.30. The molecular formula is C26H24ClF3N4O4S2. The van der Waals surface area contributed by atoms with Crippen molar-refractivity contribution in [3.8, 4) is 11.5 Å². The summed E-state index contributed by atoms with van der Waals surface area (Å²) >= 11 is 7.67. The second-order valence-corrected chi connectivity index (χ2v) is 12.6. The van der Waals surface area contributed by atoms with E-state index >= 15 is 0 Å². The molecule has 2 aromatic heterocycles. The zero-order valence-corrected chi connectivity index (χ0v) is 24.0. The summed E-state index contributed by atoms with van der Waals surface area (Å²) in [7, 11) is -2.08. The number of amidine groups is 1. The minimum absolute atomic E-state index is 0.111. The summed E-state index contributed by atoms with van der Waals surface area (Å²) in [6.45, 7) is 3.60. The fourth-order valence-corrected chi connectivity index (χ4v) is 5.64. The lowest BCUT2D eigenvalue weighted by Gasteiger charge is -2.27. The highest BCUT2D eigenvalue weighted by Crippen LogP contribution is 2.39. The molecule has 212 valence electrons. The van der Waals surface area contributed by atoms with Crippen LogP contribution < -0.4 is 19.9 Å². The SMILES string of the molecule is COc1cc(OC(F)(F)F)cc(C(C)(C)c2cc(Cl)nc(N=C(N)c3cc4cc(NS(C)(=O)=O)ccc4s3)c2)c1. The van der Waals surface area contributed by atoms with Gasteiger partial charge in [0, 0.05) is 21.9 Å². The Morgan fingerprint density at radius 3 is 2.38 bits per heavy atom. The number of aliphatic imine (C=N–C) groups is 1. The van der Waals surface area contributed by atoms with E-state index < -0.39 is 27.6 Å². The van der Waals surface area contributed by atoms with Crippen molar-refractivity contribution in [2.24, 2.45) is 10.7 Å². The van der Waals surface area contributed by atoms with E-state index in [1.807, 2.05) is 0 Å². The van der Waals surface area contributed by atoms with E-state index in [4.69, 9.17) is 22.1 Å². The number of nitrogens with one attached hydrogen (secondary N) is 1. The molecule has 0 fully saturated rings. The van der Waals surface area contributed by atoms with Crippen molar-refractivity contribution in [1.29, 1.82) is 0 Å². The molecule has 0 amide bonds. The lowest BCUT2D eigenvalue weighted by atomic mass is 9.78. The van der Waals surface area contributed by atoms with Crippen molar-refractivity contribution >= 4 is 60.4 Å². The Morgan fingerprint density at radius 1 is 1.05 bits per heavy atom. The van der Waals surface area contributed by atoms with Crippen LogP contribution in [0.4, 0.5) is 24.7 Å². The molecule has 8 nitrogen and oxygen atoms in total. The number of anilines is 1. The van der Waals surface area contributed by atoms with E-state index in [2.05, 4.69) is 19.4 Å². The van der Waals surface area contributed by atoms with Crippen molar-refractivity contribution in [3.63, 3.8) is 0 Å². The van der Waals surface area contributed by atoms with Crippen LogP contribution in [0.2, 0.25) is 5.15 Å². The predicted octanol–water partition coefficient (Wildman–Crippen LogP) is 6.59. The Morgan fingerprint density at radius 2 is 1.73 bits per heavy atom. The lowest BCUT2D eigenvalue weighted by Crippen LogP contribution is -2.21. The highest BCUT2D eigenvalue weighted by Gasteiger charge is 2.33. The van der Waals surface area contributed by atoms with Gasteiger partial charge in [-0.3, -0.25) is 4.72 Å². The normalized spacial score (nSPS) is 12.9. The maximum absolute atomic E-state index is 12.9. The van der Waals surface area contributed by atoms with Gasteiger partial charge in [-0.05, 0) is 65.0 Å². The molecule has 0 spiro atoms.